The summed E-state index contributed by atoms with van der Waals surface area (Å²) in [4.78, 5) is 0. The van der Waals surface area contributed by atoms with Gasteiger partial charge in [-0.25, -0.2) is 0 Å². The minimum absolute atomic E-state index is 0.157. The number of rotatable bonds is 8. The first-order valence-corrected chi connectivity index (χ1v) is 10.3. The van der Waals surface area contributed by atoms with E-state index in [4.69, 9.17) is 4.74 Å². The average molecular weight is 368 g/mol. The lowest BCUT2D eigenvalue weighted by atomic mass is 9.86. The van der Waals surface area contributed by atoms with Gasteiger partial charge >= 0.3 is 0 Å². The molecule has 0 unspecified atom stereocenters. The third-order valence-electron chi connectivity index (χ3n) is 5.66. The molecule has 0 heterocycles. The van der Waals surface area contributed by atoms with Gasteiger partial charge in [-0.2, -0.15) is 0 Å². The quantitative estimate of drug-likeness (QED) is 0.715. The van der Waals surface area contributed by atoms with Crippen molar-refractivity contribution in [3.8, 4) is 0 Å². The van der Waals surface area contributed by atoms with Gasteiger partial charge in [0.2, 0.25) is 0 Å². The molecule has 0 amide bonds. The molecule has 3 heteroatoms. The van der Waals surface area contributed by atoms with Crippen molar-refractivity contribution in [1.82, 2.24) is 5.32 Å². The van der Waals surface area contributed by atoms with Crippen LogP contribution in [0.5, 0.6) is 0 Å². The van der Waals surface area contributed by atoms with Gasteiger partial charge in [0.05, 0.1) is 12.7 Å². The highest BCUT2D eigenvalue weighted by atomic mass is 16.5. The zero-order valence-corrected chi connectivity index (χ0v) is 16.6. The monoisotopic (exact) mass is 367 g/mol. The fourth-order valence-corrected chi connectivity index (χ4v) is 3.93. The van der Waals surface area contributed by atoms with Gasteiger partial charge in [-0.05, 0) is 36.8 Å². The van der Waals surface area contributed by atoms with Crippen LogP contribution in [0.1, 0.15) is 55.4 Å². The lowest BCUT2D eigenvalue weighted by Gasteiger charge is -2.30. The summed E-state index contributed by atoms with van der Waals surface area (Å²) in [6.45, 7) is 5.30. The van der Waals surface area contributed by atoms with Gasteiger partial charge in [-0.15, -0.1) is 0 Å². The first-order chi connectivity index (χ1) is 13.1. The number of hydrogen-bond acceptors (Lipinski definition) is 3. The molecular formula is C24H33NO2. The van der Waals surface area contributed by atoms with Crippen LogP contribution in [-0.4, -0.2) is 30.4 Å². The number of aliphatic hydroxyl groups excluding tert-OH is 1. The Morgan fingerprint density at radius 3 is 2.37 bits per heavy atom. The SMILES string of the molecule is Cc1ccc([C@H](OC[C@@H](O)CN[C@@H]2CCCC[C@@H]2C)c2ccccc2)cc1. The molecule has 0 spiro atoms. The maximum atomic E-state index is 10.5. The second-order valence-corrected chi connectivity index (χ2v) is 7.97. The number of nitrogens with one attached hydrogen (secondary N) is 1. The predicted octanol–water partition coefficient (Wildman–Crippen LogP) is 4.63. The van der Waals surface area contributed by atoms with Gasteiger partial charge in [0.25, 0.3) is 0 Å². The maximum absolute atomic E-state index is 10.5. The van der Waals surface area contributed by atoms with E-state index in [0.29, 0.717) is 25.1 Å². The van der Waals surface area contributed by atoms with Gasteiger partial charge < -0.3 is 15.2 Å². The molecule has 0 bridgehead atoms. The van der Waals surface area contributed by atoms with Crippen molar-refractivity contribution in [2.24, 2.45) is 5.92 Å². The van der Waals surface area contributed by atoms with E-state index in [9.17, 15) is 5.11 Å². The Morgan fingerprint density at radius 2 is 1.67 bits per heavy atom. The Kier molecular flexibility index (Phi) is 7.45. The Balaban J connectivity index is 1.58. The molecule has 3 nitrogen and oxygen atoms in total. The van der Waals surface area contributed by atoms with Gasteiger partial charge in [-0.3, -0.25) is 0 Å². The van der Waals surface area contributed by atoms with Crippen LogP contribution in [0.3, 0.4) is 0 Å². The van der Waals surface area contributed by atoms with Gasteiger partial charge in [0, 0.05) is 12.6 Å². The molecule has 3 rings (SSSR count). The van der Waals surface area contributed by atoms with Crippen molar-refractivity contribution in [2.45, 2.75) is 57.8 Å². The lowest BCUT2D eigenvalue weighted by molar-refractivity contribution is 0.00447. The fourth-order valence-electron chi connectivity index (χ4n) is 3.93. The van der Waals surface area contributed by atoms with Crippen LogP contribution in [0.25, 0.3) is 0 Å². The predicted molar refractivity (Wildman–Crippen MR) is 111 cm³/mol. The molecule has 2 aromatic rings. The van der Waals surface area contributed by atoms with E-state index in [1.54, 1.807) is 0 Å². The van der Waals surface area contributed by atoms with Gasteiger partial charge in [-0.1, -0.05) is 79.9 Å². The highest BCUT2D eigenvalue weighted by molar-refractivity contribution is 5.31. The second kappa shape index (κ2) is 10.0. The molecule has 2 aromatic carbocycles. The van der Waals surface area contributed by atoms with Crippen molar-refractivity contribution in [3.63, 3.8) is 0 Å². The summed E-state index contributed by atoms with van der Waals surface area (Å²) in [6.07, 6.45) is 4.46. The number of ether oxygens (including phenoxy) is 1. The molecule has 1 aliphatic rings. The standard InChI is InChI=1S/C24H33NO2/c1-18-12-14-21(15-13-18)24(20-9-4-3-5-10-20)27-17-22(26)16-25-23-11-7-6-8-19(23)2/h3-5,9-10,12-15,19,22-26H,6-8,11,16-17H2,1-2H3/t19-,22-,23+,24+/m0/s1. The van der Waals surface area contributed by atoms with Crippen molar-refractivity contribution in [1.29, 1.82) is 0 Å². The van der Waals surface area contributed by atoms with Crippen molar-refractivity contribution in [2.75, 3.05) is 13.2 Å². The number of aliphatic hydroxyl groups is 1. The highest BCUT2D eigenvalue weighted by Gasteiger charge is 2.22. The molecule has 0 radical (unpaired) electrons. The van der Waals surface area contributed by atoms with E-state index in [1.807, 2.05) is 18.2 Å². The van der Waals surface area contributed by atoms with E-state index >= 15 is 0 Å². The van der Waals surface area contributed by atoms with Crippen LogP contribution in [0, 0.1) is 12.8 Å². The molecular weight excluding hydrogens is 334 g/mol. The molecule has 0 aliphatic heterocycles. The van der Waals surface area contributed by atoms with Crippen LogP contribution >= 0.6 is 0 Å². The molecule has 0 saturated heterocycles. The van der Waals surface area contributed by atoms with Crippen molar-refractivity contribution in [3.05, 3.63) is 71.3 Å². The normalized spacial score (nSPS) is 22.3. The van der Waals surface area contributed by atoms with E-state index < -0.39 is 6.10 Å². The fraction of sp³-hybridized carbons (Fsp3) is 0.500. The molecule has 1 saturated carbocycles. The molecule has 146 valence electrons. The van der Waals surface area contributed by atoms with Crippen molar-refractivity contribution < 1.29 is 9.84 Å². The highest BCUT2D eigenvalue weighted by Crippen LogP contribution is 2.27. The third kappa shape index (κ3) is 5.90. The summed E-state index contributed by atoms with van der Waals surface area (Å²) in [7, 11) is 0. The molecule has 2 N–H and O–H groups in total. The zero-order valence-electron chi connectivity index (χ0n) is 16.6. The third-order valence-corrected chi connectivity index (χ3v) is 5.66. The molecule has 1 aliphatic carbocycles. The van der Waals surface area contributed by atoms with Crippen LogP contribution in [0.15, 0.2) is 54.6 Å². The van der Waals surface area contributed by atoms with Crippen LogP contribution in [0.4, 0.5) is 0 Å². The van der Waals surface area contributed by atoms with Gasteiger partial charge in [0.15, 0.2) is 0 Å². The summed E-state index contributed by atoms with van der Waals surface area (Å²) < 4.78 is 6.19. The zero-order chi connectivity index (χ0) is 19.1. The minimum Gasteiger partial charge on any atom is -0.389 e. The molecule has 4 atom stereocenters. The lowest BCUT2D eigenvalue weighted by Crippen LogP contribution is -2.42. The Hall–Kier alpha value is -1.68. The molecule has 0 aromatic heterocycles. The molecule has 1 fully saturated rings. The molecule has 27 heavy (non-hydrogen) atoms. The summed E-state index contributed by atoms with van der Waals surface area (Å²) in [5.41, 5.74) is 3.46. The number of benzene rings is 2. The number of aryl methyl sites for hydroxylation is 1. The van der Waals surface area contributed by atoms with Crippen molar-refractivity contribution >= 4 is 0 Å². The van der Waals surface area contributed by atoms with E-state index in [-0.39, 0.29) is 6.10 Å². The topological polar surface area (TPSA) is 41.5 Å². The Labute approximate surface area is 163 Å². The second-order valence-electron chi connectivity index (χ2n) is 7.97. The van der Waals surface area contributed by atoms with Crippen LogP contribution < -0.4 is 5.32 Å². The van der Waals surface area contributed by atoms with Crippen LogP contribution in [0.2, 0.25) is 0 Å². The Morgan fingerprint density at radius 1 is 1.00 bits per heavy atom. The van der Waals surface area contributed by atoms with Gasteiger partial charge in [0.1, 0.15) is 6.10 Å². The smallest absolute Gasteiger partial charge is 0.108 e. The van der Waals surface area contributed by atoms with E-state index in [0.717, 1.165) is 11.1 Å². The summed E-state index contributed by atoms with van der Waals surface area (Å²) >= 11 is 0. The first kappa shape index (κ1) is 20.1. The Bertz CT molecular complexity index is 671. The van der Waals surface area contributed by atoms with E-state index in [1.165, 1.54) is 31.2 Å². The summed E-state index contributed by atoms with van der Waals surface area (Å²) in [5.74, 6) is 0.691. The first-order valence-electron chi connectivity index (χ1n) is 10.3. The largest absolute Gasteiger partial charge is 0.389 e. The minimum atomic E-state index is -0.504. The van der Waals surface area contributed by atoms with Crippen LogP contribution in [-0.2, 0) is 4.74 Å². The van der Waals surface area contributed by atoms with E-state index in [2.05, 4.69) is 55.6 Å². The maximum Gasteiger partial charge on any atom is 0.108 e. The average Bonchev–Trinajstić information content (AvgIpc) is 2.69. The number of hydrogen-bond donors (Lipinski definition) is 2. The summed E-state index contributed by atoms with van der Waals surface area (Å²) in [5, 5.41) is 14.0. The summed E-state index contributed by atoms with van der Waals surface area (Å²) in [6, 6.07) is 19.2.